The third-order valence-corrected chi connectivity index (χ3v) is 5.90. The maximum atomic E-state index is 13.9. The Bertz CT molecular complexity index is 1180. The van der Waals surface area contributed by atoms with E-state index in [4.69, 9.17) is 0 Å². The molecule has 0 heterocycles. The molecular weight excluding hydrogens is 409 g/mol. The van der Waals surface area contributed by atoms with Gasteiger partial charge in [-0.25, -0.2) is 4.39 Å². The van der Waals surface area contributed by atoms with Gasteiger partial charge in [-0.1, -0.05) is 30.3 Å². The fraction of sp³-hybridized carbons (Fsp3) is 0.115. The highest BCUT2D eigenvalue weighted by atomic mass is 32.2. The number of phenols is 1. The van der Waals surface area contributed by atoms with Gasteiger partial charge in [-0.3, -0.25) is 4.79 Å². The van der Waals surface area contributed by atoms with Crippen LogP contribution in [0.2, 0.25) is 0 Å². The Morgan fingerprint density at radius 1 is 1.06 bits per heavy atom. The monoisotopic (exact) mass is 431 g/mol. The Morgan fingerprint density at radius 3 is 2.61 bits per heavy atom. The molecule has 0 spiro atoms. The molecule has 0 saturated carbocycles. The quantitative estimate of drug-likeness (QED) is 0.478. The molecule has 3 nitrogen and oxygen atoms in total. The van der Waals surface area contributed by atoms with E-state index in [-0.39, 0.29) is 23.9 Å². The number of rotatable bonds is 6. The van der Waals surface area contributed by atoms with Gasteiger partial charge in [0.25, 0.3) is 0 Å². The lowest BCUT2D eigenvalue weighted by atomic mass is 10.0. The van der Waals surface area contributed by atoms with E-state index in [1.54, 1.807) is 36.0 Å². The predicted octanol–water partition coefficient (Wildman–Crippen LogP) is 5.90. The van der Waals surface area contributed by atoms with Crippen molar-refractivity contribution < 1.29 is 14.3 Å². The Hall–Kier alpha value is -3.31. The van der Waals surface area contributed by atoms with Gasteiger partial charge < -0.3 is 10.4 Å². The highest BCUT2D eigenvalue weighted by Crippen LogP contribution is 2.38. The third kappa shape index (κ3) is 5.06. The van der Waals surface area contributed by atoms with Gasteiger partial charge in [0.2, 0.25) is 5.91 Å². The van der Waals surface area contributed by atoms with Crippen molar-refractivity contribution in [3.8, 4) is 5.75 Å². The number of phenolic OH excluding ortho intramolecular Hbond substituents is 1. The molecular formula is C26H22FNO2S. The molecule has 1 aliphatic carbocycles. The summed E-state index contributed by atoms with van der Waals surface area (Å²) >= 11 is 1.69. The number of allylic oxidation sites excluding steroid dienone is 2. The molecule has 2 N–H and O–H groups in total. The Balaban J connectivity index is 1.54. The second-order valence-electron chi connectivity index (χ2n) is 7.36. The van der Waals surface area contributed by atoms with Gasteiger partial charge in [-0.2, -0.15) is 0 Å². The van der Waals surface area contributed by atoms with Crippen molar-refractivity contribution >= 4 is 34.9 Å². The van der Waals surface area contributed by atoms with E-state index in [9.17, 15) is 14.3 Å². The molecule has 0 aromatic heterocycles. The number of halogens is 1. The molecule has 0 unspecified atom stereocenters. The van der Waals surface area contributed by atoms with Gasteiger partial charge >= 0.3 is 0 Å². The molecule has 0 atom stereocenters. The third-order valence-electron chi connectivity index (χ3n) is 5.16. The first kappa shape index (κ1) is 20.9. The van der Waals surface area contributed by atoms with E-state index >= 15 is 0 Å². The molecule has 0 fully saturated rings. The average molecular weight is 432 g/mol. The van der Waals surface area contributed by atoms with Crippen molar-refractivity contribution in [2.75, 3.05) is 6.26 Å². The lowest BCUT2D eigenvalue weighted by Crippen LogP contribution is -2.22. The Labute approximate surface area is 185 Å². The van der Waals surface area contributed by atoms with E-state index in [1.165, 1.54) is 17.0 Å². The number of hydrogen-bond donors (Lipinski definition) is 2. The fourth-order valence-corrected chi connectivity index (χ4v) is 4.03. The van der Waals surface area contributed by atoms with Crippen LogP contribution in [0.5, 0.6) is 5.75 Å². The van der Waals surface area contributed by atoms with Crippen LogP contribution < -0.4 is 5.32 Å². The smallest absolute Gasteiger partial charge is 0.224 e. The number of fused-ring (bicyclic) bond motifs is 1. The lowest BCUT2D eigenvalue weighted by Gasteiger charge is -2.08. The first-order chi connectivity index (χ1) is 15.0. The zero-order valence-electron chi connectivity index (χ0n) is 17.1. The second-order valence-corrected chi connectivity index (χ2v) is 8.24. The Morgan fingerprint density at radius 2 is 1.87 bits per heavy atom. The van der Waals surface area contributed by atoms with Crippen molar-refractivity contribution in [3.63, 3.8) is 0 Å². The van der Waals surface area contributed by atoms with Gasteiger partial charge in [-0.15, -0.1) is 11.8 Å². The maximum Gasteiger partial charge on any atom is 0.224 e. The van der Waals surface area contributed by atoms with Gasteiger partial charge in [-0.05, 0) is 88.2 Å². The summed E-state index contributed by atoms with van der Waals surface area (Å²) in [4.78, 5) is 13.7. The van der Waals surface area contributed by atoms with Crippen LogP contribution in [-0.2, 0) is 11.3 Å². The molecule has 0 radical (unpaired) electrons. The number of aromatic hydroxyl groups is 1. The predicted molar refractivity (Wildman–Crippen MR) is 125 cm³/mol. The summed E-state index contributed by atoms with van der Waals surface area (Å²) in [5, 5.41) is 12.4. The van der Waals surface area contributed by atoms with E-state index in [1.807, 2.05) is 18.4 Å². The molecule has 4 rings (SSSR count). The largest absolute Gasteiger partial charge is 0.508 e. The van der Waals surface area contributed by atoms with Crippen LogP contribution in [0.25, 0.3) is 17.2 Å². The standard InChI is InChI=1S/C26H22FNO2S/c1-31-23-8-5-17(6-9-23)11-19-13-20(25-15-21(27)7-10-24(19)25)14-26(30)28-16-18-3-2-4-22(29)12-18/h2-13,15,29H,14,16H2,1H3,(H,28,30)/b19-11+. The first-order valence-electron chi connectivity index (χ1n) is 9.93. The number of nitrogens with one attached hydrogen (secondary N) is 1. The topological polar surface area (TPSA) is 49.3 Å². The molecule has 0 bridgehead atoms. The normalized spacial score (nSPS) is 13.7. The number of carbonyl (C=O) groups excluding carboxylic acids is 1. The minimum absolute atomic E-state index is 0.151. The second kappa shape index (κ2) is 9.23. The zero-order chi connectivity index (χ0) is 21.8. The molecule has 5 heteroatoms. The van der Waals surface area contributed by atoms with Crippen LogP contribution in [0.15, 0.2) is 77.7 Å². The fourth-order valence-electron chi connectivity index (χ4n) is 3.63. The SMILES string of the molecule is CSc1ccc(/C=C2\C=C(CC(=O)NCc3cccc(O)c3)c3cc(F)ccc32)cc1. The van der Waals surface area contributed by atoms with E-state index in [2.05, 4.69) is 35.7 Å². The van der Waals surface area contributed by atoms with Crippen LogP contribution >= 0.6 is 11.8 Å². The Kier molecular flexibility index (Phi) is 6.23. The van der Waals surface area contributed by atoms with Crippen LogP contribution in [0.3, 0.4) is 0 Å². The summed E-state index contributed by atoms with van der Waals surface area (Å²) < 4.78 is 13.9. The number of hydrogen-bond acceptors (Lipinski definition) is 3. The van der Waals surface area contributed by atoms with Crippen LogP contribution in [0.4, 0.5) is 4.39 Å². The van der Waals surface area contributed by atoms with Crippen LogP contribution in [0, 0.1) is 5.82 Å². The number of thioether (sulfide) groups is 1. The van der Waals surface area contributed by atoms with Crippen molar-refractivity contribution in [1.29, 1.82) is 0 Å². The number of carbonyl (C=O) groups is 1. The van der Waals surface area contributed by atoms with Crippen LogP contribution in [-0.4, -0.2) is 17.3 Å². The van der Waals surface area contributed by atoms with Crippen molar-refractivity contribution in [3.05, 3.63) is 101 Å². The van der Waals surface area contributed by atoms with Crippen LogP contribution in [0.1, 0.15) is 28.7 Å². The first-order valence-corrected chi connectivity index (χ1v) is 11.2. The molecule has 1 amide bonds. The maximum absolute atomic E-state index is 13.9. The minimum atomic E-state index is -0.324. The minimum Gasteiger partial charge on any atom is -0.508 e. The molecule has 31 heavy (non-hydrogen) atoms. The van der Waals surface area contributed by atoms with Crippen molar-refractivity contribution in [2.24, 2.45) is 0 Å². The summed E-state index contributed by atoms with van der Waals surface area (Å²) in [7, 11) is 0. The van der Waals surface area contributed by atoms with Gasteiger partial charge in [0.15, 0.2) is 0 Å². The summed E-state index contributed by atoms with van der Waals surface area (Å²) in [6.07, 6.45) is 6.20. The van der Waals surface area contributed by atoms with Gasteiger partial charge in [0.1, 0.15) is 11.6 Å². The average Bonchev–Trinajstić information content (AvgIpc) is 3.09. The van der Waals surface area contributed by atoms with E-state index in [0.717, 1.165) is 33.4 Å². The van der Waals surface area contributed by atoms with E-state index < -0.39 is 0 Å². The highest BCUT2D eigenvalue weighted by molar-refractivity contribution is 7.98. The molecule has 1 aliphatic rings. The summed E-state index contributed by atoms with van der Waals surface area (Å²) in [5.41, 5.74) is 5.28. The van der Waals surface area contributed by atoms with E-state index in [0.29, 0.717) is 6.54 Å². The summed E-state index contributed by atoms with van der Waals surface area (Å²) in [6.45, 7) is 0.320. The molecule has 3 aromatic carbocycles. The van der Waals surface area contributed by atoms with Gasteiger partial charge in [0.05, 0.1) is 6.42 Å². The molecule has 0 saturated heterocycles. The summed E-state index contributed by atoms with van der Waals surface area (Å²) in [5.74, 6) is -0.319. The summed E-state index contributed by atoms with van der Waals surface area (Å²) in [6, 6.07) is 19.7. The highest BCUT2D eigenvalue weighted by Gasteiger charge is 2.21. The zero-order valence-corrected chi connectivity index (χ0v) is 17.9. The number of benzene rings is 3. The molecule has 0 aliphatic heterocycles. The molecule has 3 aromatic rings. The molecule has 156 valence electrons. The van der Waals surface area contributed by atoms with Gasteiger partial charge in [0, 0.05) is 11.4 Å². The van der Waals surface area contributed by atoms with Crippen molar-refractivity contribution in [1.82, 2.24) is 5.32 Å². The van der Waals surface area contributed by atoms with Crippen molar-refractivity contribution in [2.45, 2.75) is 17.9 Å². The lowest BCUT2D eigenvalue weighted by molar-refractivity contribution is -0.120. The number of amides is 1.